The number of allylic oxidation sites excluding steroid dienone is 1. The zero-order chi connectivity index (χ0) is 15.1. The molecule has 0 aromatic carbocycles. The van der Waals surface area contributed by atoms with E-state index in [0.29, 0.717) is 27.0 Å². The van der Waals surface area contributed by atoms with Gasteiger partial charge >= 0.3 is 0 Å². The van der Waals surface area contributed by atoms with Crippen LogP contribution in [-0.2, 0) is 0 Å². The average Bonchev–Trinajstić information content (AvgIpc) is 2.50. The quantitative estimate of drug-likeness (QED) is 0.456. The van der Waals surface area contributed by atoms with Crippen molar-refractivity contribution >= 4 is 52.6 Å². The molecule has 0 N–H and O–H groups in total. The minimum absolute atomic E-state index is 0.388. The predicted molar refractivity (Wildman–Crippen MR) is 89.9 cm³/mol. The number of rotatable bonds is 5. The van der Waals surface area contributed by atoms with Crippen LogP contribution in [-0.4, -0.2) is 35.0 Å². The summed E-state index contributed by atoms with van der Waals surface area (Å²) in [4.78, 5) is 8.74. The van der Waals surface area contributed by atoms with Crippen LogP contribution in [0.25, 0.3) is 5.57 Å². The van der Waals surface area contributed by atoms with Gasteiger partial charge in [0.25, 0.3) is 0 Å². The molecule has 0 saturated heterocycles. The molecule has 1 aromatic rings. The third-order valence-electron chi connectivity index (χ3n) is 2.25. The van der Waals surface area contributed by atoms with Crippen LogP contribution in [0.2, 0.25) is 0 Å². The van der Waals surface area contributed by atoms with Crippen LogP contribution in [0.1, 0.15) is 11.4 Å². The normalized spacial score (nSPS) is 9.70. The molecular formula is C12H12N4S4. The van der Waals surface area contributed by atoms with E-state index in [1.165, 1.54) is 47.0 Å². The maximum Gasteiger partial charge on any atom is 0.173 e. The van der Waals surface area contributed by atoms with E-state index >= 15 is 0 Å². The number of hydrogen-bond donors (Lipinski definition) is 0. The fraction of sp³-hybridized carbons (Fsp3) is 0.333. The van der Waals surface area contributed by atoms with Crippen LogP contribution < -0.4 is 0 Å². The molecule has 0 unspecified atom stereocenters. The molecule has 1 heterocycles. The highest BCUT2D eigenvalue weighted by Gasteiger charge is 2.18. The monoisotopic (exact) mass is 340 g/mol. The van der Waals surface area contributed by atoms with Gasteiger partial charge in [-0.2, -0.15) is 10.5 Å². The zero-order valence-corrected chi connectivity index (χ0v) is 14.7. The molecule has 0 aliphatic carbocycles. The van der Waals surface area contributed by atoms with Crippen molar-refractivity contribution < 1.29 is 0 Å². The van der Waals surface area contributed by atoms with E-state index in [1.807, 2.05) is 25.0 Å². The van der Waals surface area contributed by atoms with Crippen molar-refractivity contribution in [1.29, 1.82) is 10.5 Å². The van der Waals surface area contributed by atoms with E-state index in [1.54, 1.807) is 0 Å². The third kappa shape index (κ3) is 3.64. The van der Waals surface area contributed by atoms with Crippen LogP contribution in [0.4, 0.5) is 0 Å². The first-order chi connectivity index (χ1) is 9.66. The summed E-state index contributed by atoms with van der Waals surface area (Å²) in [6.45, 7) is 0. The van der Waals surface area contributed by atoms with E-state index < -0.39 is 0 Å². The van der Waals surface area contributed by atoms with Gasteiger partial charge in [0.1, 0.15) is 33.3 Å². The first kappa shape index (κ1) is 17.3. The molecule has 0 bridgehead atoms. The Morgan fingerprint density at radius 3 is 1.75 bits per heavy atom. The molecule has 0 spiro atoms. The Hall–Kier alpha value is -0.800. The fourth-order valence-electron chi connectivity index (χ4n) is 1.40. The van der Waals surface area contributed by atoms with Crippen molar-refractivity contribution in [2.75, 3.05) is 25.0 Å². The lowest BCUT2D eigenvalue weighted by Gasteiger charge is -2.09. The van der Waals surface area contributed by atoms with Crippen molar-refractivity contribution in [1.82, 2.24) is 9.97 Å². The zero-order valence-electron chi connectivity index (χ0n) is 11.4. The molecule has 1 aromatic heterocycles. The molecule has 0 atom stereocenters. The summed E-state index contributed by atoms with van der Waals surface area (Å²) in [5.74, 6) is 0.388. The van der Waals surface area contributed by atoms with Gasteiger partial charge in [0.05, 0.1) is 4.24 Å². The summed E-state index contributed by atoms with van der Waals surface area (Å²) in [5.41, 5.74) is 0.931. The second kappa shape index (κ2) is 8.48. The smallest absolute Gasteiger partial charge is 0.173 e. The van der Waals surface area contributed by atoms with Gasteiger partial charge in [0, 0.05) is 0 Å². The highest BCUT2D eigenvalue weighted by molar-refractivity contribution is 8.21. The second-order valence-corrected chi connectivity index (χ2v) is 6.72. The van der Waals surface area contributed by atoms with Crippen LogP contribution in [0, 0.1) is 22.7 Å². The first-order valence-electron chi connectivity index (χ1n) is 5.29. The van der Waals surface area contributed by atoms with E-state index in [9.17, 15) is 10.5 Å². The average molecular weight is 341 g/mol. The third-order valence-corrected chi connectivity index (χ3v) is 5.77. The van der Waals surface area contributed by atoms with Gasteiger partial charge < -0.3 is 0 Å². The highest BCUT2D eigenvalue weighted by Crippen LogP contribution is 2.33. The molecule has 0 fully saturated rings. The number of thioether (sulfide) groups is 4. The Bertz CT molecular complexity index is 582. The van der Waals surface area contributed by atoms with Crippen molar-refractivity contribution in [2.24, 2.45) is 0 Å². The largest absolute Gasteiger partial charge is 0.219 e. The summed E-state index contributed by atoms with van der Waals surface area (Å²) in [5, 5.41) is 19.8. The SMILES string of the molecule is CSC(SC)=C(C#N)c1nc(SC)c(C#N)c(SC)n1. The van der Waals surface area contributed by atoms with E-state index in [4.69, 9.17) is 0 Å². The van der Waals surface area contributed by atoms with Crippen molar-refractivity contribution in [2.45, 2.75) is 10.1 Å². The molecule has 20 heavy (non-hydrogen) atoms. The molecule has 0 amide bonds. The number of nitriles is 2. The molecular weight excluding hydrogens is 328 g/mol. The standard InChI is InChI=1S/C12H12N4S4/c1-17-10-8(6-14)11(18-2)16-9(15-10)7(5-13)12(19-3)20-4/h1-4H3. The van der Waals surface area contributed by atoms with Crippen molar-refractivity contribution in [3.63, 3.8) is 0 Å². The topological polar surface area (TPSA) is 73.4 Å². The summed E-state index contributed by atoms with van der Waals surface area (Å²) in [7, 11) is 0. The minimum atomic E-state index is 0.388. The molecule has 0 radical (unpaired) electrons. The number of aromatic nitrogens is 2. The molecule has 104 valence electrons. The van der Waals surface area contributed by atoms with Crippen molar-refractivity contribution in [3.8, 4) is 12.1 Å². The van der Waals surface area contributed by atoms with Crippen LogP contribution in [0.3, 0.4) is 0 Å². The highest BCUT2D eigenvalue weighted by atomic mass is 32.2. The molecule has 0 aliphatic rings. The summed E-state index contributed by atoms with van der Waals surface area (Å²) in [6, 6.07) is 4.30. The lowest BCUT2D eigenvalue weighted by Crippen LogP contribution is -2.01. The summed E-state index contributed by atoms with van der Waals surface area (Å²) in [6.07, 6.45) is 7.54. The molecule has 0 aliphatic heterocycles. The van der Waals surface area contributed by atoms with Crippen molar-refractivity contribution in [3.05, 3.63) is 15.6 Å². The maximum absolute atomic E-state index is 9.37. The van der Waals surface area contributed by atoms with Gasteiger partial charge in [-0.15, -0.1) is 47.0 Å². The minimum Gasteiger partial charge on any atom is -0.219 e. The molecule has 0 saturated carbocycles. The molecule has 8 heteroatoms. The van der Waals surface area contributed by atoms with Gasteiger partial charge in [0.15, 0.2) is 5.82 Å². The Balaban J connectivity index is 3.59. The Kier molecular flexibility index (Phi) is 7.31. The van der Waals surface area contributed by atoms with Gasteiger partial charge in [-0.3, -0.25) is 0 Å². The number of nitrogens with zero attached hydrogens (tertiary/aromatic N) is 4. The van der Waals surface area contributed by atoms with Crippen LogP contribution in [0.5, 0.6) is 0 Å². The Labute approximate surface area is 135 Å². The van der Waals surface area contributed by atoms with Gasteiger partial charge in [-0.1, -0.05) is 0 Å². The first-order valence-corrected chi connectivity index (χ1v) is 10.2. The Morgan fingerprint density at radius 1 is 0.950 bits per heavy atom. The summed E-state index contributed by atoms with van der Waals surface area (Å²) < 4.78 is 0.872. The van der Waals surface area contributed by atoms with E-state index in [0.717, 1.165) is 4.24 Å². The molecule has 4 nitrogen and oxygen atoms in total. The van der Waals surface area contributed by atoms with Gasteiger partial charge in [0.2, 0.25) is 0 Å². The fourth-order valence-corrected chi connectivity index (χ4v) is 3.86. The van der Waals surface area contributed by atoms with Gasteiger partial charge in [-0.25, -0.2) is 9.97 Å². The van der Waals surface area contributed by atoms with E-state index in [2.05, 4.69) is 22.1 Å². The molecule has 1 rings (SSSR count). The summed E-state index contributed by atoms with van der Waals surface area (Å²) >= 11 is 5.76. The Morgan fingerprint density at radius 2 is 1.45 bits per heavy atom. The lowest BCUT2D eigenvalue weighted by molar-refractivity contribution is 0.924. The number of hydrogen-bond acceptors (Lipinski definition) is 8. The maximum atomic E-state index is 9.37. The lowest BCUT2D eigenvalue weighted by atomic mass is 10.3. The van der Waals surface area contributed by atoms with Gasteiger partial charge in [-0.05, 0) is 25.0 Å². The predicted octanol–water partition coefficient (Wildman–Crippen LogP) is 3.71. The van der Waals surface area contributed by atoms with Crippen LogP contribution >= 0.6 is 47.0 Å². The second-order valence-electron chi connectivity index (χ2n) is 3.24. The van der Waals surface area contributed by atoms with Crippen LogP contribution in [0.15, 0.2) is 14.3 Å². The van der Waals surface area contributed by atoms with E-state index in [-0.39, 0.29) is 0 Å².